The van der Waals surface area contributed by atoms with Gasteiger partial charge in [-0.2, -0.15) is 0 Å². The smallest absolute Gasteiger partial charge is 0.220 e. The van der Waals surface area contributed by atoms with Crippen molar-refractivity contribution in [1.29, 1.82) is 0 Å². The topological polar surface area (TPSA) is 62.5 Å². The zero-order valence-electron chi connectivity index (χ0n) is 12.1. The molecular formula is C16H17Cl2NO3. The quantitative estimate of drug-likeness (QED) is 0.842. The summed E-state index contributed by atoms with van der Waals surface area (Å²) in [5.74, 6) is 1.41. The highest BCUT2D eigenvalue weighted by Crippen LogP contribution is 2.29. The maximum atomic E-state index is 11.8. The van der Waals surface area contributed by atoms with Crippen molar-refractivity contribution in [2.75, 3.05) is 6.54 Å². The fourth-order valence-electron chi connectivity index (χ4n) is 2.09. The van der Waals surface area contributed by atoms with E-state index in [4.69, 9.17) is 27.6 Å². The molecule has 1 heterocycles. The second-order valence-electron chi connectivity index (χ2n) is 4.97. The van der Waals surface area contributed by atoms with Gasteiger partial charge in [-0.15, -0.1) is 0 Å². The van der Waals surface area contributed by atoms with Crippen LogP contribution in [0.4, 0.5) is 0 Å². The van der Waals surface area contributed by atoms with Gasteiger partial charge in [0.25, 0.3) is 0 Å². The van der Waals surface area contributed by atoms with E-state index in [2.05, 4.69) is 5.32 Å². The molecule has 0 saturated carbocycles. The summed E-state index contributed by atoms with van der Waals surface area (Å²) in [4.78, 5) is 11.8. The van der Waals surface area contributed by atoms with Crippen LogP contribution < -0.4 is 5.32 Å². The number of rotatable bonds is 6. The number of aryl methyl sites for hydroxylation is 2. The number of aliphatic hydroxyl groups excluding tert-OH is 1. The molecule has 2 aromatic rings. The van der Waals surface area contributed by atoms with Crippen molar-refractivity contribution in [2.24, 2.45) is 0 Å². The van der Waals surface area contributed by atoms with Crippen molar-refractivity contribution in [3.8, 4) is 0 Å². The standard InChI is InChI=1S/C16H17Cl2NO3/c1-10-5-6-11(22-10)7-8-15(21)19-9-14(20)16-12(17)3-2-4-13(16)18/h2-6,14,20H,7-9H2,1H3,(H,19,21). The molecule has 0 fully saturated rings. The molecule has 0 bridgehead atoms. The zero-order chi connectivity index (χ0) is 16.1. The Labute approximate surface area is 139 Å². The molecule has 1 atom stereocenters. The van der Waals surface area contributed by atoms with Gasteiger partial charge in [0.05, 0.1) is 6.10 Å². The Morgan fingerprint density at radius 1 is 1.27 bits per heavy atom. The van der Waals surface area contributed by atoms with Gasteiger partial charge in [-0.05, 0) is 31.2 Å². The number of hydrogen-bond donors (Lipinski definition) is 2. The highest BCUT2D eigenvalue weighted by atomic mass is 35.5. The molecule has 0 saturated heterocycles. The Morgan fingerprint density at radius 2 is 1.95 bits per heavy atom. The average Bonchev–Trinajstić information content (AvgIpc) is 2.88. The van der Waals surface area contributed by atoms with E-state index in [9.17, 15) is 9.90 Å². The van der Waals surface area contributed by atoms with Crippen LogP contribution in [-0.4, -0.2) is 17.6 Å². The number of benzene rings is 1. The summed E-state index contributed by atoms with van der Waals surface area (Å²) >= 11 is 12.0. The predicted molar refractivity (Wildman–Crippen MR) is 86.2 cm³/mol. The lowest BCUT2D eigenvalue weighted by molar-refractivity contribution is -0.121. The highest BCUT2D eigenvalue weighted by Gasteiger charge is 2.16. The summed E-state index contributed by atoms with van der Waals surface area (Å²) in [5, 5.41) is 13.5. The zero-order valence-corrected chi connectivity index (χ0v) is 13.6. The summed E-state index contributed by atoms with van der Waals surface area (Å²) in [7, 11) is 0. The lowest BCUT2D eigenvalue weighted by Gasteiger charge is -2.15. The minimum Gasteiger partial charge on any atom is -0.466 e. The van der Waals surface area contributed by atoms with Gasteiger partial charge in [0, 0.05) is 35.0 Å². The van der Waals surface area contributed by atoms with Gasteiger partial charge in [-0.3, -0.25) is 4.79 Å². The van der Waals surface area contributed by atoms with Crippen LogP contribution >= 0.6 is 23.2 Å². The number of carbonyl (C=O) groups is 1. The van der Waals surface area contributed by atoms with E-state index < -0.39 is 6.10 Å². The van der Waals surface area contributed by atoms with E-state index in [1.807, 2.05) is 19.1 Å². The SMILES string of the molecule is Cc1ccc(CCC(=O)NCC(O)c2c(Cl)cccc2Cl)o1. The Balaban J connectivity index is 1.83. The monoisotopic (exact) mass is 341 g/mol. The first kappa shape index (κ1) is 16.9. The van der Waals surface area contributed by atoms with E-state index in [0.29, 0.717) is 22.0 Å². The molecule has 0 spiro atoms. The molecule has 0 aliphatic heterocycles. The van der Waals surface area contributed by atoms with Crippen LogP contribution in [0.3, 0.4) is 0 Å². The van der Waals surface area contributed by atoms with Crippen molar-refractivity contribution in [1.82, 2.24) is 5.32 Å². The van der Waals surface area contributed by atoms with Crippen molar-refractivity contribution in [2.45, 2.75) is 25.9 Å². The average molecular weight is 342 g/mol. The fraction of sp³-hybridized carbons (Fsp3) is 0.312. The second-order valence-corrected chi connectivity index (χ2v) is 5.78. The maximum absolute atomic E-state index is 11.8. The number of carbonyl (C=O) groups excluding carboxylic acids is 1. The van der Waals surface area contributed by atoms with Crippen LogP contribution in [0.25, 0.3) is 0 Å². The summed E-state index contributed by atoms with van der Waals surface area (Å²) in [6, 6.07) is 8.70. The molecule has 1 amide bonds. The molecule has 4 nitrogen and oxygen atoms in total. The molecular weight excluding hydrogens is 325 g/mol. The van der Waals surface area contributed by atoms with Gasteiger partial charge in [0.2, 0.25) is 5.91 Å². The van der Waals surface area contributed by atoms with Crippen LogP contribution in [0.15, 0.2) is 34.7 Å². The third-order valence-electron chi connectivity index (χ3n) is 3.22. The van der Waals surface area contributed by atoms with Gasteiger partial charge in [0.15, 0.2) is 0 Å². The molecule has 22 heavy (non-hydrogen) atoms. The maximum Gasteiger partial charge on any atom is 0.220 e. The van der Waals surface area contributed by atoms with Crippen molar-refractivity contribution in [3.63, 3.8) is 0 Å². The molecule has 2 rings (SSSR count). The lowest BCUT2D eigenvalue weighted by Crippen LogP contribution is -2.28. The van der Waals surface area contributed by atoms with E-state index in [-0.39, 0.29) is 18.9 Å². The number of furan rings is 1. The first-order chi connectivity index (χ1) is 10.5. The summed E-state index contributed by atoms with van der Waals surface area (Å²) in [6.45, 7) is 1.91. The van der Waals surface area contributed by atoms with Gasteiger partial charge >= 0.3 is 0 Å². The minimum atomic E-state index is -0.948. The van der Waals surface area contributed by atoms with Crippen LogP contribution in [0.5, 0.6) is 0 Å². The van der Waals surface area contributed by atoms with Crippen LogP contribution in [0.1, 0.15) is 29.6 Å². The number of hydrogen-bond acceptors (Lipinski definition) is 3. The van der Waals surface area contributed by atoms with E-state index in [1.54, 1.807) is 18.2 Å². The second kappa shape index (κ2) is 7.68. The number of amides is 1. The molecule has 118 valence electrons. The fourth-order valence-corrected chi connectivity index (χ4v) is 2.74. The van der Waals surface area contributed by atoms with Gasteiger partial charge in [-0.25, -0.2) is 0 Å². The van der Waals surface area contributed by atoms with E-state index >= 15 is 0 Å². The van der Waals surface area contributed by atoms with Gasteiger partial charge in [-0.1, -0.05) is 29.3 Å². The molecule has 0 aliphatic carbocycles. The Kier molecular flexibility index (Phi) is 5.89. The van der Waals surface area contributed by atoms with E-state index in [1.165, 1.54) is 0 Å². The van der Waals surface area contributed by atoms with Gasteiger partial charge in [0.1, 0.15) is 11.5 Å². The van der Waals surface area contributed by atoms with Crippen LogP contribution in [0, 0.1) is 6.92 Å². The van der Waals surface area contributed by atoms with Crippen LogP contribution in [-0.2, 0) is 11.2 Å². The molecule has 6 heteroatoms. The van der Waals surface area contributed by atoms with Crippen molar-refractivity contribution >= 4 is 29.1 Å². The molecule has 0 radical (unpaired) electrons. The summed E-state index contributed by atoms with van der Waals surface area (Å²) < 4.78 is 5.40. The predicted octanol–water partition coefficient (Wildman–Crippen LogP) is 3.68. The van der Waals surface area contributed by atoms with Crippen molar-refractivity contribution in [3.05, 3.63) is 57.5 Å². The number of nitrogens with one attached hydrogen (secondary N) is 1. The Morgan fingerprint density at radius 3 is 2.55 bits per heavy atom. The summed E-state index contributed by atoms with van der Waals surface area (Å²) in [6.07, 6.45) is -0.144. The molecule has 0 aliphatic rings. The van der Waals surface area contributed by atoms with E-state index in [0.717, 1.165) is 11.5 Å². The van der Waals surface area contributed by atoms with Crippen LogP contribution in [0.2, 0.25) is 10.0 Å². The Bertz CT molecular complexity index is 634. The van der Waals surface area contributed by atoms with Gasteiger partial charge < -0.3 is 14.8 Å². The third-order valence-corrected chi connectivity index (χ3v) is 3.88. The molecule has 2 N–H and O–H groups in total. The first-order valence-corrected chi connectivity index (χ1v) is 7.67. The Hall–Kier alpha value is -1.49. The third kappa shape index (κ3) is 4.50. The summed E-state index contributed by atoms with van der Waals surface area (Å²) in [5.41, 5.74) is 0.424. The molecule has 1 aromatic carbocycles. The largest absolute Gasteiger partial charge is 0.466 e. The molecule has 1 unspecified atom stereocenters. The minimum absolute atomic E-state index is 0.0550. The lowest BCUT2D eigenvalue weighted by atomic mass is 10.1. The number of aliphatic hydroxyl groups is 1. The normalized spacial score (nSPS) is 12.2. The first-order valence-electron chi connectivity index (χ1n) is 6.91. The molecule has 1 aromatic heterocycles. The van der Waals surface area contributed by atoms with Crippen molar-refractivity contribution < 1.29 is 14.3 Å². The number of halogens is 2. The highest BCUT2D eigenvalue weighted by molar-refractivity contribution is 6.36.